The van der Waals surface area contributed by atoms with E-state index in [9.17, 15) is 0 Å². The molecular weight excluding hydrogens is 276 g/mol. The maximum absolute atomic E-state index is 5.79. The summed E-state index contributed by atoms with van der Waals surface area (Å²) in [5, 5.41) is 6.09. The van der Waals surface area contributed by atoms with E-state index in [1.54, 1.807) is 23.7 Å². The van der Waals surface area contributed by atoms with E-state index < -0.39 is 0 Å². The molecule has 2 rings (SSSR count). The first-order valence-corrected chi connectivity index (χ1v) is 5.96. The van der Waals surface area contributed by atoms with Crippen molar-refractivity contribution in [2.75, 3.05) is 11.1 Å². The highest BCUT2D eigenvalue weighted by Crippen LogP contribution is 2.20. The smallest absolute Gasteiger partial charge is 0.149 e. The fourth-order valence-electron chi connectivity index (χ4n) is 1.10. The van der Waals surface area contributed by atoms with Gasteiger partial charge in [0.2, 0.25) is 0 Å². The molecule has 2 heterocycles. The fourth-order valence-corrected chi connectivity index (χ4v) is 2.01. The minimum atomic E-state index is 0.626. The molecule has 78 valence electrons. The van der Waals surface area contributed by atoms with Crippen molar-refractivity contribution in [3.63, 3.8) is 0 Å². The predicted octanol–water partition coefficient (Wildman–Crippen LogP) is 2.49. The summed E-state index contributed by atoms with van der Waals surface area (Å²) in [6.45, 7) is 0.649. The van der Waals surface area contributed by atoms with Gasteiger partial charge < -0.3 is 11.1 Å². The highest BCUT2D eigenvalue weighted by Gasteiger charge is 2.01. The van der Waals surface area contributed by atoms with Crippen molar-refractivity contribution < 1.29 is 0 Å². The van der Waals surface area contributed by atoms with Gasteiger partial charge in [0, 0.05) is 22.2 Å². The Labute approximate surface area is 99.7 Å². The first kappa shape index (κ1) is 10.4. The monoisotopic (exact) mass is 284 g/mol. The highest BCUT2D eigenvalue weighted by molar-refractivity contribution is 9.10. The van der Waals surface area contributed by atoms with Gasteiger partial charge in [-0.15, -0.1) is 11.3 Å². The maximum Gasteiger partial charge on any atom is 0.149 e. The van der Waals surface area contributed by atoms with Gasteiger partial charge in [-0.1, -0.05) is 0 Å². The van der Waals surface area contributed by atoms with Gasteiger partial charge in [0.25, 0.3) is 0 Å². The van der Waals surface area contributed by atoms with Crippen LogP contribution in [0.1, 0.15) is 5.01 Å². The number of thiazole rings is 1. The third-order valence-electron chi connectivity index (χ3n) is 1.77. The number of hydrogen-bond acceptors (Lipinski definition) is 5. The lowest BCUT2D eigenvalue weighted by molar-refractivity contribution is 1.08. The average Bonchev–Trinajstić information content (AvgIpc) is 2.69. The molecular formula is C9H9BrN4S. The number of halogens is 1. The summed E-state index contributed by atoms with van der Waals surface area (Å²) in [4.78, 5) is 8.33. The Morgan fingerprint density at radius 3 is 3.00 bits per heavy atom. The predicted molar refractivity (Wildman–Crippen MR) is 65.8 cm³/mol. The van der Waals surface area contributed by atoms with Crippen LogP contribution in [0.2, 0.25) is 0 Å². The Balaban J connectivity index is 2.05. The minimum absolute atomic E-state index is 0.626. The number of hydrogen-bond donors (Lipinski definition) is 2. The molecule has 0 fully saturated rings. The lowest BCUT2D eigenvalue weighted by atomic mass is 10.4. The van der Waals surface area contributed by atoms with E-state index >= 15 is 0 Å². The Kier molecular flexibility index (Phi) is 3.17. The zero-order chi connectivity index (χ0) is 10.7. The van der Waals surface area contributed by atoms with E-state index in [-0.39, 0.29) is 0 Å². The van der Waals surface area contributed by atoms with Crippen LogP contribution in [0.4, 0.5) is 11.5 Å². The van der Waals surface area contributed by atoms with Gasteiger partial charge in [-0.25, -0.2) is 9.97 Å². The minimum Gasteiger partial charge on any atom is -0.396 e. The molecule has 6 heteroatoms. The number of nitrogen functional groups attached to an aromatic ring is 1. The Morgan fingerprint density at radius 2 is 2.33 bits per heavy atom. The number of aromatic nitrogens is 2. The number of nitrogens with one attached hydrogen (secondary N) is 1. The van der Waals surface area contributed by atoms with Crippen molar-refractivity contribution in [2.24, 2.45) is 0 Å². The van der Waals surface area contributed by atoms with Crippen molar-refractivity contribution >= 4 is 38.8 Å². The van der Waals surface area contributed by atoms with Crippen molar-refractivity contribution in [1.82, 2.24) is 9.97 Å². The molecule has 0 aliphatic carbocycles. The number of anilines is 2. The number of nitrogens with two attached hydrogens (primary N) is 1. The number of nitrogens with zero attached hydrogens (tertiary/aromatic N) is 2. The van der Waals surface area contributed by atoms with E-state index in [1.165, 1.54) is 0 Å². The molecule has 0 aromatic carbocycles. The first-order valence-electron chi connectivity index (χ1n) is 4.29. The van der Waals surface area contributed by atoms with Crippen molar-refractivity contribution in [1.29, 1.82) is 0 Å². The van der Waals surface area contributed by atoms with Crippen LogP contribution in [0.3, 0.4) is 0 Å². The summed E-state index contributed by atoms with van der Waals surface area (Å²) in [5.74, 6) is 0.688. The van der Waals surface area contributed by atoms with Crippen LogP contribution in [0.25, 0.3) is 0 Å². The van der Waals surface area contributed by atoms with E-state index in [1.807, 2.05) is 11.4 Å². The SMILES string of the molecule is Nc1cc(Br)cnc1NCc1nccs1. The Bertz CT molecular complexity index is 443. The number of rotatable bonds is 3. The van der Waals surface area contributed by atoms with Gasteiger partial charge in [-0.3, -0.25) is 0 Å². The molecule has 0 aliphatic heterocycles. The maximum atomic E-state index is 5.79. The van der Waals surface area contributed by atoms with Crippen LogP contribution in [0, 0.1) is 0 Å². The van der Waals surface area contributed by atoms with E-state index in [2.05, 4.69) is 31.2 Å². The molecule has 0 aliphatic rings. The van der Waals surface area contributed by atoms with Crippen LogP contribution in [0.5, 0.6) is 0 Å². The summed E-state index contributed by atoms with van der Waals surface area (Å²) in [6, 6.07) is 1.82. The normalized spacial score (nSPS) is 10.2. The summed E-state index contributed by atoms with van der Waals surface area (Å²) >= 11 is 4.91. The molecule has 0 saturated heterocycles. The van der Waals surface area contributed by atoms with Crippen LogP contribution in [-0.2, 0) is 6.54 Å². The topological polar surface area (TPSA) is 63.8 Å². The Hall–Kier alpha value is -1.14. The third-order valence-corrected chi connectivity index (χ3v) is 2.99. The summed E-state index contributed by atoms with van der Waals surface area (Å²) < 4.78 is 0.875. The Morgan fingerprint density at radius 1 is 1.47 bits per heavy atom. The molecule has 4 nitrogen and oxygen atoms in total. The van der Waals surface area contributed by atoms with Crippen molar-refractivity contribution in [2.45, 2.75) is 6.54 Å². The van der Waals surface area contributed by atoms with E-state index in [0.29, 0.717) is 18.1 Å². The standard InChI is InChI=1S/C9H9BrN4S/c10-6-3-7(11)9(13-4-6)14-5-8-12-1-2-15-8/h1-4H,5,11H2,(H,13,14). The number of pyridine rings is 1. The molecule has 0 atom stereocenters. The van der Waals surface area contributed by atoms with E-state index in [0.717, 1.165) is 9.48 Å². The van der Waals surface area contributed by atoms with Gasteiger partial charge in [-0.05, 0) is 22.0 Å². The lowest BCUT2D eigenvalue weighted by Crippen LogP contribution is -2.04. The van der Waals surface area contributed by atoms with Gasteiger partial charge in [0.1, 0.15) is 10.8 Å². The van der Waals surface area contributed by atoms with Crippen LogP contribution in [-0.4, -0.2) is 9.97 Å². The second-order valence-corrected chi connectivity index (χ2v) is 4.77. The summed E-state index contributed by atoms with van der Waals surface area (Å²) in [7, 11) is 0. The third kappa shape index (κ3) is 2.66. The zero-order valence-corrected chi connectivity index (χ0v) is 10.2. The molecule has 2 aromatic rings. The van der Waals surface area contributed by atoms with Gasteiger partial charge in [0.05, 0.1) is 12.2 Å². The van der Waals surface area contributed by atoms with Gasteiger partial charge >= 0.3 is 0 Å². The van der Waals surface area contributed by atoms with E-state index in [4.69, 9.17) is 5.73 Å². The molecule has 0 unspecified atom stereocenters. The van der Waals surface area contributed by atoms with Crippen LogP contribution < -0.4 is 11.1 Å². The average molecular weight is 285 g/mol. The molecule has 0 amide bonds. The zero-order valence-electron chi connectivity index (χ0n) is 7.77. The molecule has 0 spiro atoms. The molecule has 2 aromatic heterocycles. The quantitative estimate of drug-likeness (QED) is 0.909. The second-order valence-electron chi connectivity index (χ2n) is 2.87. The van der Waals surface area contributed by atoms with Gasteiger partial charge in [0.15, 0.2) is 0 Å². The fraction of sp³-hybridized carbons (Fsp3) is 0.111. The second kappa shape index (κ2) is 4.59. The van der Waals surface area contributed by atoms with Crippen LogP contribution >= 0.6 is 27.3 Å². The molecule has 15 heavy (non-hydrogen) atoms. The molecule has 3 N–H and O–H groups in total. The molecule has 0 saturated carbocycles. The summed E-state index contributed by atoms with van der Waals surface area (Å²) in [5.41, 5.74) is 6.41. The van der Waals surface area contributed by atoms with Crippen molar-refractivity contribution in [3.8, 4) is 0 Å². The lowest BCUT2D eigenvalue weighted by Gasteiger charge is -2.06. The first-order chi connectivity index (χ1) is 7.25. The summed E-state index contributed by atoms with van der Waals surface area (Å²) in [6.07, 6.45) is 3.49. The van der Waals surface area contributed by atoms with Crippen molar-refractivity contribution in [3.05, 3.63) is 33.3 Å². The molecule has 0 radical (unpaired) electrons. The molecule has 0 bridgehead atoms. The van der Waals surface area contributed by atoms with Gasteiger partial charge in [-0.2, -0.15) is 0 Å². The highest BCUT2D eigenvalue weighted by atomic mass is 79.9. The van der Waals surface area contributed by atoms with Crippen LogP contribution in [0.15, 0.2) is 28.3 Å². The largest absolute Gasteiger partial charge is 0.396 e.